The largest absolute Gasteiger partial charge is 0.368 e. The Labute approximate surface area is 145 Å². The number of benzene rings is 2. The summed E-state index contributed by atoms with van der Waals surface area (Å²) in [6.07, 6.45) is 0. The molecule has 1 amide bonds. The first kappa shape index (κ1) is 16.6. The fourth-order valence-electron chi connectivity index (χ4n) is 2.98. The minimum Gasteiger partial charge on any atom is -0.368 e. The van der Waals surface area contributed by atoms with Gasteiger partial charge in [0.25, 0.3) is 5.91 Å². The van der Waals surface area contributed by atoms with Gasteiger partial charge in [0.1, 0.15) is 0 Å². The van der Waals surface area contributed by atoms with E-state index in [0.717, 1.165) is 11.1 Å². The molecule has 1 aromatic heterocycles. The lowest BCUT2D eigenvalue weighted by molar-refractivity contribution is 0.0951. The van der Waals surface area contributed by atoms with E-state index >= 15 is 0 Å². The number of hydrazine groups is 1. The summed E-state index contributed by atoms with van der Waals surface area (Å²) in [7, 11) is 0. The van der Waals surface area contributed by atoms with Crippen molar-refractivity contribution in [1.82, 2.24) is 15.4 Å². The first-order valence-electron chi connectivity index (χ1n) is 7.86. The highest BCUT2D eigenvalue weighted by atomic mass is 16.2. The molecule has 2 aromatic carbocycles. The number of hydrogen-bond donors (Lipinski definition) is 3. The van der Waals surface area contributed by atoms with Crippen molar-refractivity contribution >= 4 is 11.9 Å². The van der Waals surface area contributed by atoms with Crippen LogP contribution in [0.4, 0.5) is 5.95 Å². The van der Waals surface area contributed by atoms with Gasteiger partial charge in [0.15, 0.2) is 0 Å². The lowest BCUT2D eigenvalue weighted by Crippen LogP contribution is -2.33. The van der Waals surface area contributed by atoms with Gasteiger partial charge in [-0.2, -0.15) is 0 Å². The molecule has 0 saturated carbocycles. The van der Waals surface area contributed by atoms with Crippen LogP contribution in [0.5, 0.6) is 0 Å². The van der Waals surface area contributed by atoms with E-state index in [1.54, 1.807) is 6.92 Å². The molecule has 0 saturated heterocycles. The van der Waals surface area contributed by atoms with Crippen LogP contribution in [0.2, 0.25) is 0 Å². The molecule has 0 unspecified atom stereocenters. The van der Waals surface area contributed by atoms with Crippen molar-refractivity contribution in [2.24, 2.45) is 5.84 Å². The fraction of sp³-hybridized carbons (Fsp3) is 0.105. The predicted octanol–water partition coefficient (Wildman–Crippen LogP) is 2.15. The van der Waals surface area contributed by atoms with Crippen molar-refractivity contribution < 1.29 is 4.79 Å². The minimum atomic E-state index is -0.440. The number of nitrogen functional groups attached to an aromatic ring is 2. The van der Waals surface area contributed by atoms with Gasteiger partial charge in [-0.15, -0.1) is 0 Å². The normalized spacial score (nSPS) is 10.7. The average Bonchev–Trinajstić information content (AvgIpc) is 2.63. The van der Waals surface area contributed by atoms with Gasteiger partial charge in [-0.25, -0.2) is 15.8 Å². The average molecular weight is 333 g/mol. The Morgan fingerprint density at radius 3 is 1.96 bits per heavy atom. The zero-order valence-electron chi connectivity index (χ0n) is 13.8. The van der Waals surface area contributed by atoms with E-state index in [2.05, 4.69) is 15.4 Å². The fourth-order valence-corrected chi connectivity index (χ4v) is 2.98. The molecule has 1 heterocycles. The van der Waals surface area contributed by atoms with Crippen LogP contribution >= 0.6 is 0 Å². The van der Waals surface area contributed by atoms with Gasteiger partial charge in [0, 0.05) is 0 Å². The number of nitrogens with zero attached hydrogens (tertiary/aromatic N) is 2. The second-order valence-electron chi connectivity index (χ2n) is 5.66. The van der Waals surface area contributed by atoms with E-state index in [-0.39, 0.29) is 11.9 Å². The third kappa shape index (κ3) is 3.34. The van der Waals surface area contributed by atoms with Crippen LogP contribution in [0.25, 0.3) is 0 Å². The SMILES string of the molecule is Cc1nc(N)nc(C(c2ccccc2)c2ccccc2)c1C(=O)NN. The molecular formula is C19H19N5O. The molecule has 5 N–H and O–H groups in total. The number of rotatable bonds is 4. The Morgan fingerprint density at radius 1 is 0.960 bits per heavy atom. The van der Waals surface area contributed by atoms with Gasteiger partial charge in [-0.1, -0.05) is 60.7 Å². The molecule has 3 rings (SSSR count). The summed E-state index contributed by atoms with van der Waals surface area (Å²) in [5, 5.41) is 0. The van der Waals surface area contributed by atoms with Crippen molar-refractivity contribution in [3.8, 4) is 0 Å². The summed E-state index contributed by atoms with van der Waals surface area (Å²) in [5.41, 5.74) is 11.4. The number of aryl methyl sites for hydroxylation is 1. The molecule has 0 radical (unpaired) electrons. The summed E-state index contributed by atoms with van der Waals surface area (Å²) in [5.74, 6) is 4.79. The van der Waals surface area contributed by atoms with Gasteiger partial charge in [-0.3, -0.25) is 10.2 Å². The van der Waals surface area contributed by atoms with Crippen molar-refractivity contribution in [2.75, 3.05) is 5.73 Å². The number of carbonyl (C=O) groups is 1. The van der Waals surface area contributed by atoms with E-state index in [1.165, 1.54) is 0 Å². The van der Waals surface area contributed by atoms with Crippen LogP contribution in [-0.4, -0.2) is 15.9 Å². The van der Waals surface area contributed by atoms with Crippen molar-refractivity contribution in [1.29, 1.82) is 0 Å². The van der Waals surface area contributed by atoms with Gasteiger partial charge in [0.2, 0.25) is 5.95 Å². The molecule has 6 nitrogen and oxygen atoms in total. The zero-order valence-corrected chi connectivity index (χ0v) is 13.8. The smallest absolute Gasteiger partial charge is 0.268 e. The van der Waals surface area contributed by atoms with Crippen LogP contribution in [0, 0.1) is 6.92 Å². The van der Waals surface area contributed by atoms with E-state index < -0.39 is 5.91 Å². The van der Waals surface area contributed by atoms with Crippen LogP contribution in [0.1, 0.15) is 38.8 Å². The van der Waals surface area contributed by atoms with E-state index in [4.69, 9.17) is 11.6 Å². The van der Waals surface area contributed by atoms with E-state index in [9.17, 15) is 4.79 Å². The summed E-state index contributed by atoms with van der Waals surface area (Å²) >= 11 is 0. The summed E-state index contributed by atoms with van der Waals surface area (Å²) in [4.78, 5) is 20.9. The maximum atomic E-state index is 12.4. The Balaban J connectivity index is 2.29. The third-order valence-corrected chi connectivity index (χ3v) is 4.03. The molecule has 0 aliphatic heterocycles. The summed E-state index contributed by atoms with van der Waals surface area (Å²) < 4.78 is 0. The molecule has 0 aliphatic carbocycles. The number of carbonyl (C=O) groups excluding carboxylic acids is 1. The number of nitrogens with two attached hydrogens (primary N) is 2. The van der Waals surface area contributed by atoms with Crippen LogP contribution < -0.4 is 17.0 Å². The van der Waals surface area contributed by atoms with Crippen LogP contribution in [-0.2, 0) is 0 Å². The monoisotopic (exact) mass is 333 g/mol. The molecule has 126 valence electrons. The molecule has 0 aliphatic rings. The topological polar surface area (TPSA) is 107 Å². The molecule has 6 heteroatoms. The third-order valence-electron chi connectivity index (χ3n) is 4.03. The highest BCUT2D eigenvalue weighted by molar-refractivity contribution is 5.96. The quantitative estimate of drug-likeness (QED) is 0.385. The second kappa shape index (κ2) is 7.11. The highest BCUT2D eigenvalue weighted by Crippen LogP contribution is 2.33. The summed E-state index contributed by atoms with van der Waals surface area (Å²) in [6, 6.07) is 19.7. The van der Waals surface area contributed by atoms with Gasteiger partial charge in [-0.05, 0) is 18.1 Å². The molecule has 0 fully saturated rings. The van der Waals surface area contributed by atoms with Gasteiger partial charge in [0.05, 0.1) is 22.9 Å². The van der Waals surface area contributed by atoms with Gasteiger partial charge >= 0.3 is 0 Å². The Kier molecular flexibility index (Phi) is 4.72. The number of amides is 1. The Morgan fingerprint density at radius 2 is 1.48 bits per heavy atom. The minimum absolute atomic E-state index is 0.123. The molecule has 0 spiro atoms. The number of aromatic nitrogens is 2. The van der Waals surface area contributed by atoms with E-state index in [0.29, 0.717) is 17.0 Å². The molecule has 25 heavy (non-hydrogen) atoms. The molecule has 0 atom stereocenters. The molecule has 0 bridgehead atoms. The zero-order chi connectivity index (χ0) is 17.8. The predicted molar refractivity (Wildman–Crippen MR) is 96.7 cm³/mol. The Hall–Kier alpha value is -3.25. The van der Waals surface area contributed by atoms with Crippen molar-refractivity contribution in [2.45, 2.75) is 12.8 Å². The lowest BCUT2D eigenvalue weighted by Gasteiger charge is -2.21. The number of nitrogens with one attached hydrogen (secondary N) is 1. The van der Waals surface area contributed by atoms with Crippen LogP contribution in [0.3, 0.4) is 0 Å². The first-order valence-corrected chi connectivity index (χ1v) is 7.86. The molecule has 3 aromatic rings. The van der Waals surface area contributed by atoms with E-state index in [1.807, 2.05) is 60.7 Å². The Bertz CT molecular complexity index is 842. The molecular weight excluding hydrogens is 314 g/mol. The highest BCUT2D eigenvalue weighted by Gasteiger charge is 2.26. The number of anilines is 1. The maximum Gasteiger partial charge on any atom is 0.268 e. The second-order valence-corrected chi connectivity index (χ2v) is 5.66. The van der Waals surface area contributed by atoms with Crippen molar-refractivity contribution in [3.05, 3.63) is 88.7 Å². The standard InChI is InChI=1S/C19H19N5O/c1-12-15(18(25)24-21)17(23-19(20)22-12)16(13-8-4-2-5-9-13)14-10-6-3-7-11-14/h2-11,16H,21H2,1H3,(H,24,25)(H2,20,22,23). The summed E-state index contributed by atoms with van der Waals surface area (Å²) in [6.45, 7) is 1.72. The van der Waals surface area contributed by atoms with Crippen LogP contribution in [0.15, 0.2) is 60.7 Å². The van der Waals surface area contributed by atoms with Crippen molar-refractivity contribution in [3.63, 3.8) is 0 Å². The number of hydrogen-bond acceptors (Lipinski definition) is 5. The lowest BCUT2D eigenvalue weighted by atomic mass is 9.85. The first-order chi connectivity index (χ1) is 12.1. The maximum absolute atomic E-state index is 12.4. The van der Waals surface area contributed by atoms with Gasteiger partial charge < -0.3 is 5.73 Å².